The highest BCUT2D eigenvalue weighted by Crippen LogP contribution is 2.49. The van der Waals surface area contributed by atoms with Crippen LogP contribution in [0.25, 0.3) is 21.9 Å². The molecule has 8 aromatic rings. The van der Waals surface area contributed by atoms with Crippen LogP contribution in [0.5, 0.6) is 0 Å². The number of benzene rings is 6. The van der Waals surface area contributed by atoms with Gasteiger partial charge in [-0.05, 0) is 97.4 Å². The molecule has 0 saturated heterocycles. The fourth-order valence-corrected chi connectivity index (χ4v) is 10.6. The molecule has 6 aromatic carbocycles. The monoisotopic (exact) mass is 1110 g/mol. The van der Waals surface area contributed by atoms with Gasteiger partial charge in [0, 0.05) is 49.7 Å². The van der Waals surface area contributed by atoms with E-state index in [0.717, 1.165) is 35.6 Å². The van der Waals surface area contributed by atoms with Crippen molar-refractivity contribution in [2.24, 2.45) is 20.5 Å². The van der Waals surface area contributed by atoms with Crippen LogP contribution in [0.3, 0.4) is 0 Å². The summed E-state index contributed by atoms with van der Waals surface area (Å²) < 4.78 is 104. The Balaban J connectivity index is 1.27. The van der Waals surface area contributed by atoms with Crippen LogP contribution in [0, 0.1) is 29.6 Å². The van der Waals surface area contributed by atoms with Crippen molar-refractivity contribution >= 4 is 137 Å². The second-order valence-electron chi connectivity index (χ2n) is 15.4. The highest BCUT2D eigenvalue weighted by molar-refractivity contribution is 7.86. The van der Waals surface area contributed by atoms with E-state index < -0.39 is 51.1 Å². The minimum atomic E-state index is -5.04. The summed E-state index contributed by atoms with van der Waals surface area (Å²) in [5.41, 5.74) is 1.47. The summed E-state index contributed by atoms with van der Waals surface area (Å²) in [6.07, 6.45) is 0. The number of thiophene rings is 1. The van der Waals surface area contributed by atoms with Gasteiger partial charge in [-0.3, -0.25) is 13.7 Å². The van der Waals surface area contributed by atoms with E-state index in [0.29, 0.717) is 27.6 Å². The van der Waals surface area contributed by atoms with Gasteiger partial charge in [-0.25, -0.2) is 9.78 Å². The number of nitriles is 2. The van der Waals surface area contributed by atoms with E-state index in [1.54, 1.807) is 66.7 Å². The van der Waals surface area contributed by atoms with Crippen LogP contribution >= 0.6 is 34.5 Å². The summed E-state index contributed by atoms with van der Waals surface area (Å²) in [5.74, 6) is -0.100. The molecule has 0 aliphatic carbocycles. The summed E-state index contributed by atoms with van der Waals surface area (Å²) in [6, 6.07) is 34.0. The van der Waals surface area contributed by atoms with Gasteiger partial charge in [0.1, 0.15) is 43.1 Å². The van der Waals surface area contributed by atoms with Gasteiger partial charge in [0.15, 0.2) is 16.6 Å². The molecule has 74 heavy (non-hydrogen) atoms. The lowest BCUT2D eigenvalue weighted by molar-refractivity contribution is 0.262. The number of urea groups is 1. The number of carbonyl (C=O) groups is 1. The normalized spacial score (nSPS) is 11.9. The molecule has 8 rings (SSSR count). The Kier molecular flexibility index (Phi) is 14.9. The number of nitrogens with one attached hydrogen (secondary N) is 4. The predicted molar refractivity (Wildman–Crippen MR) is 278 cm³/mol. The smallest absolute Gasteiger partial charge is 0.323 e. The Bertz CT molecular complexity index is 4080. The van der Waals surface area contributed by atoms with E-state index >= 15 is 0 Å². The first-order valence-corrected chi connectivity index (χ1v) is 26.7. The molecule has 0 spiro atoms. The zero-order chi connectivity index (χ0) is 53.1. The third-order valence-electron chi connectivity index (χ3n) is 10.5. The number of hydrogen-bond donors (Lipinski definition) is 7. The van der Waals surface area contributed by atoms with Gasteiger partial charge in [-0.2, -0.15) is 35.8 Å². The number of rotatable bonds is 14. The van der Waals surface area contributed by atoms with E-state index in [4.69, 9.17) is 23.2 Å². The van der Waals surface area contributed by atoms with Crippen molar-refractivity contribution in [2.45, 2.75) is 21.6 Å². The van der Waals surface area contributed by atoms with E-state index in [1.165, 1.54) is 43.3 Å². The van der Waals surface area contributed by atoms with Crippen LogP contribution in [0.2, 0.25) is 10.0 Å². The lowest BCUT2D eigenvalue weighted by Crippen LogP contribution is -2.19. The zero-order valence-corrected chi connectivity index (χ0v) is 42.1. The first kappa shape index (κ1) is 52.1. The van der Waals surface area contributed by atoms with Crippen molar-refractivity contribution in [3.8, 4) is 23.3 Å². The summed E-state index contributed by atoms with van der Waals surface area (Å²) in [7, 11) is -14.7. The van der Waals surface area contributed by atoms with Gasteiger partial charge in [-0.15, -0.1) is 20.5 Å². The first-order chi connectivity index (χ1) is 35.1. The fourth-order valence-electron chi connectivity index (χ4n) is 7.18. The third kappa shape index (κ3) is 11.7. The molecule has 2 amide bonds. The molecule has 0 unspecified atom stereocenters. The predicted octanol–water partition coefficient (Wildman–Crippen LogP) is 13.0. The minimum Gasteiger partial charge on any atom is -0.339 e. The molecule has 0 radical (unpaired) electrons. The standard InChI is InChI=1S/C47H31Cl2N11O10S4/c1-25-35(23-50)43(53-31-18-19-37(49)40(21-31)74(68,69)70)56-44(52-29-16-12-27(48)13-17-29)42(25)58-59-45-36(24-51)41(26-10-14-30(15-11-26)55-47(61)54-28-6-3-2-4-7-28)46(71-45)60-57-32-20-34-33(39(22-32)73(65,66)67)8-5-9-38(34)72(62,63)64/h2-22H,1H3,(H2,52,53,56)(H2,54,55,61)(H,62,63,64)(H,65,66,67)(H,68,69,70)/b59-58?,60-57+. The minimum absolute atomic E-state index is 0.0103. The molecule has 0 aliphatic rings. The summed E-state index contributed by atoms with van der Waals surface area (Å²) >= 11 is 13.0. The van der Waals surface area contributed by atoms with Gasteiger partial charge in [-0.1, -0.05) is 77.0 Å². The maximum absolute atomic E-state index is 12.8. The number of para-hydroxylation sites is 1. The number of pyridine rings is 1. The van der Waals surface area contributed by atoms with Gasteiger partial charge in [0.05, 0.1) is 16.3 Å². The van der Waals surface area contributed by atoms with Crippen LogP contribution in [0.4, 0.5) is 60.6 Å². The molecule has 0 bridgehead atoms. The summed E-state index contributed by atoms with van der Waals surface area (Å²) in [6.45, 7) is 1.52. The molecule has 27 heteroatoms. The molecule has 0 saturated carbocycles. The van der Waals surface area contributed by atoms with Crippen LogP contribution in [0.1, 0.15) is 16.7 Å². The second kappa shape index (κ2) is 21.1. The Labute approximate surface area is 434 Å². The summed E-state index contributed by atoms with van der Waals surface area (Å²) in [4.78, 5) is 15.4. The number of nitrogens with zero attached hydrogens (tertiary/aromatic N) is 7. The zero-order valence-electron chi connectivity index (χ0n) is 37.3. The van der Waals surface area contributed by atoms with Crippen molar-refractivity contribution in [3.05, 3.63) is 154 Å². The molecule has 372 valence electrons. The number of amides is 2. The molecule has 21 nitrogen and oxygen atoms in total. The number of anilines is 6. The lowest BCUT2D eigenvalue weighted by atomic mass is 10.0. The van der Waals surface area contributed by atoms with Crippen molar-refractivity contribution < 1.29 is 43.7 Å². The van der Waals surface area contributed by atoms with Gasteiger partial charge >= 0.3 is 6.03 Å². The van der Waals surface area contributed by atoms with Crippen molar-refractivity contribution in [1.82, 2.24) is 4.98 Å². The van der Waals surface area contributed by atoms with Gasteiger partial charge < -0.3 is 21.3 Å². The highest BCUT2D eigenvalue weighted by atomic mass is 35.5. The molecule has 0 atom stereocenters. The Morgan fingerprint density at radius 3 is 1.82 bits per heavy atom. The van der Waals surface area contributed by atoms with Crippen molar-refractivity contribution in [3.63, 3.8) is 0 Å². The Morgan fingerprint density at radius 1 is 0.595 bits per heavy atom. The fraction of sp³-hybridized carbons (Fsp3) is 0.0213. The van der Waals surface area contributed by atoms with Crippen molar-refractivity contribution in [2.75, 3.05) is 21.3 Å². The maximum atomic E-state index is 12.8. The van der Waals surface area contributed by atoms with E-state index in [-0.39, 0.29) is 76.7 Å². The molecule has 7 N–H and O–H groups in total. The molecule has 0 fully saturated rings. The Morgan fingerprint density at radius 2 is 1.19 bits per heavy atom. The molecular formula is C47H31Cl2N11O10S4. The van der Waals surface area contributed by atoms with Gasteiger partial charge in [0.25, 0.3) is 30.4 Å². The van der Waals surface area contributed by atoms with E-state index in [1.807, 2.05) is 0 Å². The van der Waals surface area contributed by atoms with Gasteiger partial charge in [0.2, 0.25) is 0 Å². The summed E-state index contributed by atoms with van der Waals surface area (Å²) in [5, 5.41) is 49.6. The number of fused-ring (bicyclic) bond motifs is 1. The molecular weight excluding hydrogens is 1080 g/mol. The average molecular weight is 1110 g/mol. The maximum Gasteiger partial charge on any atom is 0.323 e. The van der Waals surface area contributed by atoms with E-state index in [9.17, 15) is 54.2 Å². The quantitative estimate of drug-likeness (QED) is 0.0393. The third-order valence-corrected chi connectivity index (χ3v) is 14.9. The molecule has 2 aromatic heterocycles. The molecule has 2 heterocycles. The van der Waals surface area contributed by atoms with E-state index in [2.05, 4.69) is 58.8 Å². The number of aromatic nitrogens is 1. The number of halogens is 2. The second-order valence-corrected chi connectivity index (χ2v) is 21.4. The SMILES string of the molecule is Cc1c(C#N)c(Nc2ccc(Cl)c(S(=O)(=O)O)c2)nc(Nc2ccc(Cl)cc2)c1N=Nc1sc(/N=N/c2cc(S(=O)(=O)O)c3cccc(S(=O)(=O)O)c3c2)c(-c2ccc(NC(=O)Nc3ccccc3)cc2)c1C#N. The van der Waals surface area contributed by atoms with Crippen LogP contribution in [0.15, 0.2) is 163 Å². The largest absolute Gasteiger partial charge is 0.339 e. The first-order valence-electron chi connectivity index (χ1n) is 20.8. The number of carbonyl (C=O) groups excluding carboxylic acids is 1. The number of hydrogen-bond acceptors (Lipinski definition) is 17. The molecule has 0 aliphatic heterocycles. The van der Waals surface area contributed by atoms with Crippen LogP contribution in [-0.4, -0.2) is 49.9 Å². The lowest BCUT2D eigenvalue weighted by Gasteiger charge is -2.16. The topological polar surface area (TPSA) is 338 Å². The van der Waals surface area contributed by atoms with Crippen LogP contribution < -0.4 is 21.3 Å². The highest BCUT2D eigenvalue weighted by Gasteiger charge is 2.25. The number of azo groups is 2. The Hall–Kier alpha value is -8.21. The van der Waals surface area contributed by atoms with Crippen LogP contribution in [-0.2, 0) is 30.4 Å². The average Bonchev–Trinajstić information content (AvgIpc) is 3.70. The van der Waals surface area contributed by atoms with Crippen molar-refractivity contribution in [1.29, 1.82) is 10.5 Å².